The molecule has 4 nitrogen and oxygen atoms in total. The molecule has 1 heterocycles. The normalized spacial score (nSPS) is 10.3. The molecule has 2 aromatic rings. The molecule has 0 saturated carbocycles. The van der Waals surface area contributed by atoms with Crippen LogP contribution in [0, 0.1) is 13.8 Å². The number of hydrogen-bond acceptors (Lipinski definition) is 3. The summed E-state index contributed by atoms with van der Waals surface area (Å²) in [4.78, 5) is 16.7. The number of benzene rings is 1. The van der Waals surface area contributed by atoms with E-state index in [-0.39, 0.29) is 5.91 Å². The zero-order chi connectivity index (χ0) is 15.4. The Morgan fingerprint density at radius 2 is 2.00 bits per heavy atom. The van der Waals surface area contributed by atoms with Crippen molar-refractivity contribution < 1.29 is 4.79 Å². The number of hydrogen-bond donors (Lipinski definition) is 2. The van der Waals surface area contributed by atoms with Crippen molar-refractivity contribution in [3.05, 3.63) is 51.6 Å². The third kappa shape index (κ3) is 3.82. The number of rotatable bonds is 4. The van der Waals surface area contributed by atoms with Crippen LogP contribution in [0.1, 0.15) is 28.5 Å². The minimum Gasteiger partial charge on any atom is -0.385 e. The molecule has 0 atom stereocenters. The van der Waals surface area contributed by atoms with Crippen molar-refractivity contribution in [3.8, 4) is 0 Å². The summed E-state index contributed by atoms with van der Waals surface area (Å²) in [7, 11) is 0. The fourth-order valence-electron chi connectivity index (χ4n) is 1.99. The van der Waals surface area contributed by atoms with Gasteiger partial charge in [0.25, 0.3) is 5.91 Å². The average molecular weight is 348 g/mol. The lowest BCUT2D eigenvalue weighted by atomic mass is 10.1. The van der Waals surface area contributed by atoms with E-state index in [0.29, 0.717) is 11.4 Å². The highest BCUT2D eigenvalue weighted by Gasteiger charge is 2.12. The number of pyridine rings is 1. The van der Waals surface area contributed by atoms with Crippen LogP contribution in [0.4, 0.5) is 11.5 Å². The van der Waals surface area contributed by atoms with Crippen LogP contribution in [0.2, 0.25) is 0 Å². The van der Waals surface area contributed by atoms with E-state index in [4.69, 9.17) is 0 Å². The number of carbonyl (C=O) groups is 1. The number of amides is 1. The Balaban J connectivity index is 2.25. The first-order valence-electron chi connectivity index (χ1n) is 6.80. The number of halogens is 1. The van der Waals surface area contributed by atoms with Crippen LogP contribution in [0.3, 0.4) is 0 Å². The molecule has 0 bridgehead atoms. The van der Waals surface area contributed by atoms with Gasteiger partial charge in [0.15, 0.2) is 0 Å². The van der Waals surface area contributed by atoms with Crippen LogP contribution in [-0.4, -0.2) is 17.4 Å². The molecular weight excluding hydrogens is 330 g/mol. The summed E-state index contributed by atoms with van der Waals surface area (Å²) in [5.41, 5.74) is 3.40. The largest absolute Gasteiger partial charge is 0.385 e. The molecule has 1 aromatic heterocycles. The van der Waals surface area contributed by atoms with Crippen molar-refractivity contribution in [1.82, 2.24) is 4.98 Å². The zero-order valence-corrected chi connectivity index (χ0v) is 13.9. The van der Waals surface area contributed by atoms with E-state index >= 15 is 0 Å². The molecular formula is C16H18BrN3O. The van der Waals surface area contributed by atoms with Crippen LogP contribution in [0.5, 0.6) is 0 Å². The maximum Gasteiger partial charge on any atom is 0.258 e. The molecule has 0 spiro atoms. The van der Waals surface area contributed by atoms with Crippen LogP contribution < -0.4 is 10.6 Å². The van der Waals surface area contributed by atoms with Gasteiger partial charge >= 0.3 is 0 Å². The molecule has 2 N–H and O–H groups in total. The topological polar surface area (TPSA) is 54.0 Å². The minimum absolute atomic E-state index is 0.167. The summed E-state index contributed by atoms with van der Waals surface area (Å²) in [6, 6.07) is 9.37. The fraction of sp³-hybridized carbons (Fsp3) is 0.250. The van der Waals surface area contributed by atoms with Crippen molar-refractivity contribution >= 4 is 33.3 Å². The first kappa shape index (κ1) is 15.5. The van der Waals surface area contributed by atoms with Gasteiger partial charge in [0.2, 0.25) is 0 Å². The summed E-state index contributed by atoms with van der Waals surface area (Å²) >= 11 is 3.40. The van der Waals surface area contributed by atoms with Crippen molar-refractivity contribution in [3.63, 3.8) is 0 Å². The summed E-state index contributed by atoms with van der Waals surface area (Å²) in [6.07, 6.45) is 0. The zero-order valence-electron chi connectivity index (χ0n) is 12.3. The smallest absolute Gasteiger partial charge is 0.258 e. The summed E-state index contributed by atoms with van der Waals surface area (Å²) < 4.78 is 0.921. The maximum atomic E-state index is 12.4. The highest BCUT2D eigenvalue weighted by atomic mass is 79.9. The second kappa shape index (κ2) is 6.72. The average Bonchev–Trinajstić information content (AvgIpc) is 2.43. The first-order chi connectivity index (χ1) is 10.0. The van der Waals surface area contributed by atoms with E-state index in [1.54, 1.807) is 6.07 Å². The summed E-state index contributed by atoms with van der Waals surface area (Å²) in [6.45, 7) is 6.65. The van der Waals surface area contributed by atoms with Crippen molar-refractivity contribution in [2.24, 2.45) is 0 Å². The Kier molecular flexibility index (Phi) is 4.96. The van der Waals surface area contributed by atoms with Crippen LogP contribution in [-0.2, 0) is 0 Å². The van der Waals surface area contributed by atoms with Gasteiger partial charge in [-0.3, -0.25) is 4.79 Å². The SMILES string of the molecule is CCNc1cc(C)ccc1C(=O)Nc1ccc(Br)c(C)n1. The van der Waals surface area contributed by atoms with Gasteiger partial charge in [-0.05, 0) is 66.5 Å². The van der Waals surface area contributed by atoms with Crippen molar-refractivity contribution in [1.29, 1.82) is 0 Å². The van der Waals surface area contributed by atoms with Gasteiger partial charge in [-0.25, -0.2) is 4.98 Å². The summed E-state index contributed by atoms with van der Waals surface area (Å²) in [5, 5.41) is 6.05. The molecule has 0 fully saturated rings. The van der Waals surface area contributed by atoms with Gasteiger partial charge in [-0.1, -0.05) is 6.07 Å². The Morgan fingerprint density at radius 1 is 1.24 bits per heavy atom. The Bertz CT molecular complexity index is 671. The minimum atomic E-state index is -0.167. The number of anilines is 2. The van der Waals surface area contributed by atoms with E-state index in [1.165, 1.54) is 0 Å². The predicted octanol–water partition coefficient (Wildman–Crippen LogP) is 4.15. The van der Waals surface area contributed by atoms with E-state index in [9.17, 15) is 4.79 Å². The van der Waals surface area contributed by atoms with E-state index in [2.05, 4.69) is 31.5 Å². The third-order valence-corrected chi connectivity index (χ3v) is 3.89. The van der Waals surface area contributed by atoms with E-state index in [1.807, 2.05) is 45.0 Å². The Morgan fingerprint density at radius 3 is 2.67 bits per heavy atom. The van der Waals surface area contributed by atoms with Gasteiger partial charge in [0.1, 0.15) is 5.82 Å². The van der Waals surface area contributed by atoms with Gasteiger partial charge in [0, 0.05) is 16.7 Å². The quantitative estimate of drug-likeness (QED) is 0.873. The van der Waals surface area contributed by atoms with Crippen molar-refractivity contribution in [2.75, 3.05) is 17.2 Å². The molecule has 0 aliphatic rings. The number of nitrogens with one attached hydrogen (secondary N) is 2. The Labute approximate surface area is 133 Å². The molecule has 0 radical (unpaired) electrons. The number of nitrogens with zero attached hydrogens (tertiary/aromatic N) is 1. The number of carbonyl (C=O) groups excluding carboxylic acids is 1. The van der Waals surface area contributed by atoms with Crippen LogP contribution in [0.15, 0.2) is 34.8 Å². The van der Waals surface area contributed by atoms with Crippen LogP contribution >= 0.6 is 15.9 Å². The molecule has 21 heavy (non-hydrogen) atoms. The second-order valence-electron chi connectivity index (χ2n) is 4.80. The molecule has 0 aliphatic heterocycles. The van der Waals surface area contributed by atoms with Gasteiger partial charge in [-0.2, -0.15) is 0 Å². The molecule has 0 saturated heterocycles. The highest BCUT2D eigenvalue weighted by molar-refractivity contribution is 9.10. The van der Waals surface area contributed by atoms with Crippen LogP contribution in [0.25, 0.3) is 0 Å². The second-order valence-corrected chi connectivity index (χ2v) is 5.65. The molecule has 0 aliphatic carbocycles. The van der Waals surface area contributed by atoms with Gasteiger partial charge in [-0.15, -0.1) is 0 Å². The number of aryl methyl sites for hydroxylation is 2. The first-order valence-corrected chi connectivity index (χ1v) is 7.59. The monoisotopic (exact) mass is 347 g/mol. The standard InChI is InChI=1S/C16H18BrN3O/c1-4-18-14-9-10(2)5-6-12(14)16(21)20-15-8-7-13(17)11(3)19-15/h5-9,18H,4H2,1-3H3,(H,19,20,21). The predicted molar refractivity (Wildman–Crippen MR) is 90.0 cm³/mol. The molecule has 110 valence electrons. The molecule has 2 rings (SSSR count). The lowest BCUT2D eigenvalue weighted by molar-refractivity contribution is 0.102. The highest BCUT2D eigenvalue weighted by Crippen LogP contribution is 2.20. The fourth-order valence-corrected chi connectivity index (χ4v) is 2.21. The van der Waals surface area contributed by atoms with E-state index < -0.39 is 0 Å². The molecule has 1 aromatic carbocycles. The number of aromatic nitrogens is 1. The Hall–Kier alpha value is -1.88. The molecule has 5 heteroatoms. The molecule has 1 amide bonds. The van der Waals surface area contributed by atoms with Gasteiger partial charge < -0.3 is 10.6 Å². The van der Waals surface area contributed by atoms with Crippen molar-refractivity contribution in [2.45, 2.75) is 20.8 Å². The lowest BCUT2D eigenvalue weighted by Gasteiger charge is -2.12. The molecule has 0 unspecified atom stereocenters. The van der Waals surface area contributed by atoms with E-state index in [0.717, 1.165) is 28.0 Å². The lowest BCUT2D eigenvalue weighted by Crippen LogP contribution is -2.16. The maximum absolute atomic E-state index is 12.4. The summed E-state index contributed by atoms with van der Waals surface area (Å²) in [5.74, 6) is 0.379. The van der Waals surface area contributed by atoms with Gasteiger partial charge in [0.05, 0.1) is 11.3 Å². The third-order valence-electron chi connectivity index (χ3n) is 3.05.